The van der Waals surface area contributed by atoms with Crippen LogP contribution in [0.3, 0.4) is 0 Å². The Hall–Kier alpha value is -1.50. The summed E-state index contributed by atoms with van der Waals surface area (Å²) in [4.78, 5) is 12.8. The average Bonchev–Trinajstić information content (AvgIpc) is 2.90. The van der Waals surface area contributed by atoms with Crippen LogP contribution in [-0.2, 0) is 22.7 Å². The van der Waals surface area contributed by atoms with Crippen LogP contribution in [0.5, 0.6) is 0 Å². The minimum Gasteiger partial charge on any atom is -0.457 e. The number of rotatable bonds is 5. The molecule has 4 aliphatic carbocycles. The zero-order valence-electron chi connectivity index (χ0n) is 13.6. The quantitative estimate of drug-likeness (QED) is 0.826. The smallest absolute Gasteiger partial charge is 0.312 e. The number of carbonyl (C=O) groups excluding carboxylic acids is 1. The van der Waals surface area contributed by atoms with E-state index in [1.165, 1.54) is 0 Å². The van der Waals surface area contributed by atoms with Gasteiger partial charge in [-0.3, -0.25) is 4.79 Å². The van der Waals surface area contributed by atoms with Gasteiger partial charge in [0.1, 0.15) is 0 Å². The number of aryl methyl sites for hydroxylation is 1. The molecular formula is C16H24N4O3. The number of aromatic nitrogens is 4. The summed E-state index contributed by atoms with van der Waals surface area (Å²) >= 11 is 0. The van der Waals surface area contributed by atoms with E-state index < -0.39 is 11.0 Å². The Morgan fingerprint density at radius 2 is 2.09 bits per heavy atom. The molecule has 0 unspecified atom stereocenters. The first kappa shape index (κ1) is 15.1. The van der Waals surface area contributed by atoms with Crippen LogP contribution < -0.4 is 0 Å². The number of nitrogens with zero attached hydrogens (tertiary/aromatic N) is 4. The molecule has 0 radical (unpaired) electrons. The van der Waals surface area contributed by atoms with Gasteiger partial charge in [0.05, 0.1) is 11.0 Å². The van der Waals surface area contributed by atoms with Crippen molar-refractivity contribution in [1.82, 2.24) is 20.2 Å². The molecule has 4 bridgehead atoms. The number of hydrogen-bond donors (Lipinski definition) is 1. The molecule has 7 nitrogen and oxygen atoms in total. The lowest BCUT2D eigenvalue weighted by Gasteiger charge is -2.58. The molecule has 4 saturated carbocycles. The van der Waals surface area contributed by atoms with Crippen molar-refractivity contribution in [1.29, 1.82) is 0 Å². The van der Waals surface area contributed by atoms with E-state index in [1.54, 1.807) is 4.68 Å². The fraction of sp³-hybridized carbons (Fsp3) is 0.875. The van der Waals surface area contributed by atoms with Crippen LogP contribution in [-0.4, -0.2) is 36.9 Å². The molecule has 0 saturated heterocycles. The molecule has 1 aromatic heterocycles. The van der Waals surface area contributed by atoms with Gasteiger partial charge in [0.2, 0.25) is 0 Å². The fourth-order valence-corrected chi connectivity index (χ4v) is 5.45. The highest BCUT2D eigenvalue weighted by atomic mass is 16.5. The molecular weight excluding hydrogens is 296 g/mol. The molecule has 5 rings (SSSR count). The predicted octanol–water partition coefficient (Wildman–Crippen LogP) is 1.46. The number of tetrazole rings is 1. The zero-order valence-corrected chi connectivity index (χ0v) is 13.6. The maximum atomic E-state index is 12.8. The minimum atomic E-state index is -0.646. The number of ether oxygens (including phenoxy) is 1. The van der Waals surface area contributed by atoms with E-state index in [2.05, 4.69) is 15.5 Å². The van der Waals surface area contributed by atoms with E-state index in [4.69, 9.17) is 4.74 Å². The van der Waals surface area contributed by atoms with Gasteiger partial charge in [0.25, 0.3) is 0 Å². The van der Waals surface area contributed by atoms with E-state index in [1.807, 2.05) is 6.92 Å². The van der Waals surface area contributed by atoms with E-state index in [9.17, 15) is 9.90 Å². The lowest BCUT2D eigenvalue weighted by atomic mass is 9.48. The van der Waals surface area contributed by atoms with Gasteiger partial charge in [-0.1, -0.05) is 6.92 Å². The normalized spacial score (nSPS) is 38.0. The van der Waals surface area contributed by atoms with E-state index in [-0.39, 0.29) is 12.6 Å². The summed E-state index contributed by atoms with van der Waals surface area (Å²) in [7, 11) is 0. The van der Waals surface area contributed by atoms with Crippen LogP contribution in [0, 0.1) is 17.3 Å². The maximum Gasteiger partial charge on any atom is 0.312 e. The van der Waals surface area contributed by atoms with Gasteiger partial charge in [0, 0.05) is 6.54 Å². The topological polar surface area (TPSA) is 90.1 Å². The lowest BCUT2D eigenvalue weighted by molar-refractivity contribution is -0.197. The summed E-state index contributed by atoms with van der Waals surface area (Å²) in [5.41, 5.74) is -1.13. The number of aliphatic hydroxyl groups is 1. The third-order valence-corrected chi connectivity index (χ3v) is 5.84. The Balaban J connectivity index is 1.46. The molecule has 0 aromatic carbocycles. The SMILES string of the molecule is CCCn1nnnc1COC(=O)C12C[C@H]3C[C@@H](CC(O)(C3)C1)C2. The highest BCUT2D eigenvalue weighted by Gasteiger charge is 2.60. The van der Waals surface area contributed by atoms with E-state index in [0.717, 1.165) is 45.1 Å². The molecule has 0 aliphatic heterocycles. The first-order valence-electron chi connectivity index (χ1n) is 8.67. The van der Waals surface area contributed by atoms with Crippen molar-refractivity contribution in [2.24, 2.45) is 17.3 Å². The molecule has 7 heteroatoms. The first-order chi connectivity index (χ1) is 11.0. The van der Waals surface area contributed by atoms with Crippen molar-refractivity contribution in [3.05, 3.63) is 5.82 Å². The Morgan fingerprint density at radius 1 is 1.35 bits per heavy atom. The van der Waals surface area contributed by atoms with Gasteiger partial charge >= 0.3 is 5.97 Å². The Kier molecular flexibility index (Phi) is 3.44. The molecule has 23 heavy (non-hydrogen) atoms. The summed E-state index contributed by atoms with van der Waals surface area (Å²) in [6.45, 7) is 2.88. The van der Waals surface area contributed by atoms with Crippen LogP contribution in [0.2, 0.25) is 0 Å². The number of esters is 1. The van der Waals surface area contributed by atoms with Crippen LogP contribution in [0.15, 0.2) is 0 Å². The van der Waals surface area contributed by atoms with Gasteiger partial charge in [-0.05, 0) is 67.2 Å². The molecule has 0 spiro atoms. The molecule has 126 valence electrons. The molecule has 1 N–H and O–H groups in total. The fourth-order valence-electron chi connectivity index (χ4n) is 5.45. The number of carbonyl (C=O) groups is 1. The third kappa shape index (κ3) is 2.55. The predicted molar refractivity (Wildman–Crippen MR) is 80.0 cm³/mol. The summed E-state index contributed by atoms with van der Waals surface area (Å²) < 4.78 is 7.27. The molecule has 1 heterocycles. The Morgan fingerprint density at radius 3 is 2.74 bits per heavy atom. The van der Waals surface area contributed by atoms with Crippen molar-refractivity contribution >= 4 is 5.97 Å². The van der Waals surface area contributed by atoms with Crippen LogP contribution in [0.4, 0.5) is 0 Å². The van der Waals surface area contributed by atoms with Crippen LogP contribution in [0.1, 0.15) is 57.7 Å². The van der Waals surface area contributed by atoms with Crippen LogP contribution in [0.25, 0.3) is 0 Å². The van der Waals surface area contributed by atoms with Crippen molar-refractivity contribution in [2.75, 3.05) is 0 Å². The largest absolute Gasteiger partial charge is 0.457 e. The standard InChI is InChI=1S/C16H24N4O3/c1-2-3-20-13(17-18-19-20)9-23-14(21)15-5-11-4-12(6-15)8-16(22,7-11)10-15/h11-12,22H,2-10H2,1H3/t11-,12-,15?,16?/m1/s1. The Labute approximate surface area is 135 Å². The van der Waals surface area contributed by atoms with Gasteiger partial charge in [-0.15, -0.1) is 5.10 Å². The minimum absolute atomic E-state index is 0.112. The first-order valence-corrected chi connectivity index (χ1v) is 8.67. The molecule has 0 amide bonds. The second-order valence-corrected chi connectivity index (χ2v) is 7.86. The highest BCUT2D eigenvalue weighted by molar-refractivity contribution is 5.77. The molecule has 4 aliphatic rings. The van der Waals surface area contributed by atoms with E-state index >= 15 is 0 Å². The highest BCUT2D eigenvalue weighted by Crippen LogP contribution is 2.61. The summed E-state index contributed by atoms with van der Waals surface area (Å²) in [5.74, 6) is 1.36. The van der Waals surface area contributed by atoms with E-state index in [0.29, 0.717) is 24.1 Å². The van der Waals surface area contributed by atoms with Gasteiger partial charge < -0.3 is 9.84 Å². The molecule has 1 aromatic rings. The number of hydrogen-bond acceptors (Lipinski definition) is 6. The maximum absolute atomic E-state index is 12.8. The van der Waals surface area contributed by atoms with Gasteiger partial charge in [-0.2, -0.15) is 0 Å². The Bertz CT molecular complexity index is 600. The van der Waals surface area contributed by atoms with Crippen molar-refractivity contribution in [3.8, 4) is 0 Å². The van der Waals surface area contributed by atoms with Crippen LogP contribution >= 0.6 is 0 Å². The monoisotopic (exact) mass is 320 g/mol. The van der Waals surface area contributed by atoms with Gasteiger partial charge in [-0.25, -0.2) is 4.68 Å². The summed E-state index contributed by atoms with van der Waals surface area (Å²) in [6.07, 6.45) is 6.08. The van der Waals surface area contributed by atoms with Crippen molar-refractivity contribution in [2.45, 2.75) is 70.6 Å². The van der Waals surface area contributed by atoms with Crippen molar-refractivity contribution in [3.63, 3.8) is 0 Å². The summed E-state index contributed by atoms with van der Waals surface area (Å²) in [5, 5.41) is 22.2. The van der Waals surface area contributed by atoms with Gasteiger partial charge in [0.15, 0.2) is 12.4 Å². The second-order valence-electron chi connectivity index (χ2n) is 7.86. The lowest BCUT2D eigenvalue weighted by Crippen LogP contribution is -2.58. The summed E-state index contributed by atoms with van der Waals surface area (Å²) in [6, 6.07) is 0. The second kappa shape index (κ2) is 5.26. The molecule has 2 atom stereocenters. The zero-order chi connectivity index (χ0) is 16.1. The van der Waals surface area contributed by atoms with Crippen molar-refractivity contribution < 1.29 is 14.6 Å². The molecule has 4 fully saturated rings. The third-order valence-electron chi connectivity index (χ3n) is 5.84. The average molecular weight is 320 g/mol.